The lowest BCUT2D eigenvalue weighted by Gasteiger charge is -2.20. The van der Waals surface area contributed by atoms with Crippen molar-refractivity contribution in [3.63, 3.8) is 0 Å². The summed E-state index contributed by atoms with van der Waals surface area (Å²) in [7, 11) is 0. The van der Waals surface area contributed by atoms with Crippen molar-refractivity contribution in [3.05, 3.63) is 35.1 Å². The summed E-state index contributed by atoms with van der Waals surface area (Å²) < 4.78 is 14.0. The normalized spacial score (nSPS) is 16.5. The molecule has 0 amide bonds. The zero-order valence-corrected chi connectivity index (χ0v) is 11.3. The Labute approximate surface area is 114 Å². The van der Waals surface area contributed by atoms with Crippen molar-refractivity contribution in [2.45, 2.75) is 32.2 Å². The monoisotopic (exact) mass is 260 g/mol. The number of nitrogens with zero attached hydrogens (tertiary/aromatic N) is 1. The van der Waals surface area contributed by atoms with Gasteiger partial charge >= 0.3 is 0 Å². The average molecular weight is 260 g/mol. The van der Waals surface area contributed by atoms with E-state index in [0.29, 0.717) is 18.7 Å². The van der Waals surface area contributed by atoms with Crippen LogP contribution in [0, 0.1) is 17.7 Å². The van der Waals surface area contributed by atoms with E-state index in [1.807, 2.05) is 12.1 Å². The molecule has 2 rings (SSSR count). The minimum Gasteiger partial charge on any atom is -0.320 e. The number of halogens is 1. The van der Waals surface area contributed by atoms with Gasteiger partial charge in [-0.3, -0.25) is 4.90 Å². The van der Waals surface area contributed by atoms with Crippen LogP contribution in [0.4, 0.5) is 4.39 Å². The molecule has 1 aromatic carbocycles. The Balaban J connectivity index is 2.03. The molecule has 1 aromatic rings. The molecule has 19 heavy (non-hydrogen) atoms. The van der Waals surface area contributed by atoms with E-state index in [0.717, 1.165) is 18.7 Å². The molecule has 2 nitrogen and oxygen atoms in total. The van der Waals surface area contributed by atoms with E-state index in [-0.39, 0.29) is 5.82 Å². The van der Waals surface area contributed by atoms with Crippen molar-refractivity contribution in [3.8, 4) is 11.8 Å². The maximum absolute atomic E-state index is 14.0. The zero-order valence-electron chi connectivity index (χ0n) is 11.3. The molecule has 0 aromatic heterocycles. The van der Waals surface area contributed by atoms with Crippen LogP contribution < -0.4 is 5.73 Å². The van der Waals surface area contributed by atoms with Crippen LogP contribution in [0.3, 0.4) is 0 Å². The topological polar surface area (TPSA) is 29.3 Å². The fourth-order valence-electron chi connectivity index (χ4n) is 2.44. The molecule has 1 fully saturated rings. The maximum Gasteiger partial charge on any atom is 0.128 e. The molecular formula is C16H21FN2. The fourth-order valence-corrected chi connectivity index (χ4v) is 2.44. The Morgan fingerprint density at radius 3 is 2.53 bits per heavy atom. The number of nitrogens with two attached hydrogens (primary N) is 1. The molecule has 102 valence electrons. The quantitative estimate of drug-likeness (QED) is 0.828. The molecular weight excluding hydrogens is 239 g/mol. The van der Waals surface area contributed by atoms with E-state index < -0.39 is 0 Å². The molecule has 3 heteroatoms. The highest BCUT2D eigenvalue weighted by molar-refractivity contribution is 5.37. The average Bonchev–Trinajstić information content (AvgIpc) is 2.68. The second kappa shape index (κ2) is 7.28. The van der Waals surface area contributed by atoms with Gasteiger partial charge in [-0.2, -0.15) is 0 Å². The van der Waals surface area contributed by atoms with Gasteiger partial charge in [0, 0.05) is 17.7 Å². The second-order valence-electron chi connectivity index (χ2n) is 5.00. The molecule has 2 N–H and O–H groups in total. The number of likely N-dealkylation sites (tertiary alicyclic amines) is 1. The molecule has 0 spiro atoms. The van der Waals surface area contributed by atoms with Crippen molar-refractivity contribution in [1.82, 2.24) is 4.90 Å². The van der Waals surface area contributed by atoms with Crippen LogP contribution in [-0.4, -0.2) is 24.5 Å². The zero-order chi connectivity index (χ0) is 13.5. The number of rotatable bonds is 2. The predicted molar refractivity (Wildman–Crippen MR) is 76.1 cm³/mol. The van der Waals surface area contributed by atoms with E-state index in [2.05, 4.69) is 16.7 Å². The van der Waals surface area contributed by atoms with Gasteiger partial charge < -0.3 is 5.73 Å². The molecule has 0 saturated carbocycles. The summed E-state index contributed by atoms with van der Waals surface area (Å²) in [4.78, 5) is 2.34. The van der Waals surface area contributed by atoms with Crippen LogP contribution >= 0.6 is 0 Å². The van der Waals surface area contributed by atoms with Gasteiger partial charge in [-0.15, -0.1) is 0 Å². The third-order valence-corrected chi connectivity index (χ3v) is 3.48. The number of hydrogen-bond acceptors (Lipinski definition) is 2. The van der Waals surface area contributed by atoms with Crippen LogP contribution in [0.2, 0.25) is 0 Å². The van der Waals surface area contributed by atoms with E-state index in [1.165, 1.54) is 31.7 Å². The molecule has 0 radical (unpaired) electrons. The minimum atomic E-state index is -0.159. The van der Waals surface area contributed by atoms with E-state index in [1.54, 1.807) is 0 Å². The van der Waals surface area contributed by atoms with Crippen molar-refractivity contribution in [1.29, 1.82) is 0 Å². The van der Waals surface area contributed by atoms with E-state index >= 15 is 0 Å². The summed E-state index contributed by atoms with van der Waals surface area (Å²) in [6.45, 7) is 3.16. The Hall–Kier alpha value is -1.37. The Morgan fingerprint density at radius 1 is 1.16 bits per heavy atom. The van der Waals surface area contributed by atoms with Crippen molar-refractivity contribution in [2.75, 3.05) is 19.6 Å². The highest BCUT2D eigenvalue weighted by atomic mass is 19.1. The first kappa shape index (κ1) is 14.0. The molecule has 0 aliphatic carbocycles. The number of hydrogen-bond donors (Lipinski definition) is 1. The lowest BCUT2D eigenvalue weighted by atomic mass is 10.1. The van der Waals surface area contributed by atoms with Gasteiger partial charge in [0.05, 0.1) is 6.54 Å². The highest BCUT2D eigenvalue weighted by Gasteiger charge is 2.11. The van der Waals surface area contributed by atoms with Crippen molar-refractivity contribution >= 4 is 0 Å². The molecule has 0 unspecified atom stereocenters. The largest absolute Gasteiger partial charge is 0.320 e. The molecule has 1 saturated heterocycles. The Bertz CT molecular complexity index is 465. The summed E-state index contributed by atoms with van der Waals surface area (Å²) in [5.41, 5.74) is 6.77. The van der Waals surface area contributed by atoms with Crippen LogP contribution in [0.5, 0.6) is 0 Å². The lowest BCUT2D eigenvalue weighted by molar-refractivity contribution is 0.273. The standard InChI is InChI=1S/C16H21FN2/c17-16-12-14(6-5-9-18)7-8-15(16)13-19-10-3-1-2-4-11-19/h7-8,12H,1-4,9-11,13,18H2. The SMILES string of the molecule is NCC#Cc1ccc(CN2CCCCCC2)c(F)c1. The van der Waals surface area contributed by atoms with Crippen LogP contribution in [-0.2, 0) is 6.54 Å². The summed E-state index contributed by atoms with van der Waals surface area (Å²) in [6.07, 6.45) is 5.04. The smallest absolute Gasteiger partial charge is 0.128 e. The summed E-state index contributed by atoms with van der Waals surface area (Å²) in [5, 5.41) is 0. The molecule has 1 aliphatic heterocycles. The molecule has 0 atom stereocenters. The van der Waals surface area contributed by atoms with Gasteiger partial charge in [0.15, 0.2) is 0 Å². The Kier molecular flexibility index (Phi) is 5.38. The first-order chi connectivity index (χ1) is 9.29. The van der Waals surface area contributed by atoms with Gasteiger partial charge in [0.25, 0.3) is 0 Å². The highest BCUT2D eigenvalue weighted by Crippen LogP contribution is 2.16. The lowest BCUT2D eigenvalue weighted by Crippen LogP contribution is -2.24. The summed E-state index contributed by atoms with van der Waals surface area (Å²) in [5.74, 6) is 5.44. The Morgan fingerprint density at radius 2 is 1.89 bits per heavy atom. The van der Waals surface area contributed by atoms with Crippen LogP contribution in [0.25, 0.3) is 0 Å². The fraction of sp³-hybridized carbons (Fsp3) is 0.500. The third-order valence-electron chi connectivity index (χ3n) is 3.48. The van der Waals surface area contributed by atoms with Crippen molar-refractivity contribution < 1.29 is 4.39 Å². The van der Waals surface area contributed by atoms with Crippen molar-refractivity contribution in [2.24, 2.45) is 5.73 Å². The van der Waals surface area contributed by atoms with Crippen LogP contribution in [0.15, 0.2) is 18.2 Å². The van der Waals surface area contributed by atoms with E-state index in [9.17, 15) is 4.39 Å². The summed E-state index contributed by atoms with van der Waals surface area (Å²) >= 11 is 0. The predicted octanol–water partition coefficient (Wildman–Crippen LogP) is 2.51. The molecule has 1 heterocycles. The summed E-state index contributed by atoms with van der Waals surface area (Å²) in [6, 6.07) is 5.23. The maximum atomic E-state index is 14.0. The van der Waals surface area contributed by atoms with Crippen LogP contribution in [0.1, 0.15) is 36.8 Å². The molecule has 1 aliphatic rings. The van der Waals surface area contributed by atoms with Gasteiger partial charge in [-0.1, -0.05) is 30.7 Å². The number of benzene rings is 1. The van der Waals surface area contributed by atoms with E-state index in [4.69, 9.17) is 5.73 Å². The van der Waals surface area contributed by atoms with Gasteiger partial charge in [0.1, 0.15) is 5.82 Å². The second-order valence-corrected chi connectivity index (χ2v) is 5.00. The van der Waals surface area contributed by atoms with Gasteiger partial charge in [-0.25, -0.2) is 4.39 Å². The first-order valence-electron chi connectivity index (χ1n) is 6.99. The minimum absolute atomic E-state index is 0.159. The first-order valence-corrected chi connectivity index (χ1v) is 6.99. The molecule has 0 bridgehead atoms. The third kappa shape index (κ3) is 4.34. The van der Waals surface area contributed by atoms with Gasteiger partial charge in [0.2, 0.25) is 0 Å². The van der Waals surface area contributed by atoms with Gasteiger partial charge in [-0.05, 0) is 38.1 Å².